The monoisotopic (exact) mass is 225 g/mol. The van der Waals surface area contributed by atoms with Crippen LogP contribution in [0.3, 0.4) is 0 Å². The summed E-state index contributed by atoms with van der Waals surface area (Å²) in [5.74, 6) is 1.30. The average Bonchev–Trinajstić information content (AvgIpc) is 2.47. The van der Waals surface area contributed by atoms with E-state index in [1.165, 1.54) is 12.8 Å². The van der Waals surface area contributed by atoms with E-state index < -0.39 is 0 Å². The molecule has 0 saturated heterocycles. The summed E-state index contributed by atoms with van der Waals surface area (Å²) in [6.07, 6.45) is 2.29. The Morgan fingerprint density at radius 3 is 2.38 bits per heavy atom. The summed E-state index contributed by atoms with van der Waals surface area (Å²) in [7, 11) is 0. The normalized spacial score (nSPS) is 45.6. The molecule has 0 aromatic carbocycles. The van der Waals surface area contributed by atoms with Gasteiger partial charge in [0.05, 0.1) is 6.10 Å². The lowest BCUT2D eigenvalue weighted by atomic mass is 9.70. The van der Waals surface area contributed by atoms with Crippen molar-refractivity contribution in [3.63, 3.8) is 0 Å². The van der Waals surface area contributed by atoms with Crippen LogP contribution in [0.15, 0.2) is 0 Å². The topological polar surface area (TPSA) is 32.3 Å². The minimum Gasteiger partial charge on any atom is -0.391 e. The van der Waals surface area contributed by atoms with Crippen LogP contribution >= 0.6 is 0 Å². The van der Waals surface area contributed by atoms with Gasteiger partial charge < -0.3 is 10.4 Å². The molecule has 2 rings (SSSR count). The highest BCUT2D eigenvalue weighted by Crippen LogP contribution is 2.65. The highest BCUT2D eigenvalue weighted by molar-refractivity contribution is 5.17. The maximum Gasteiger partial charge on any atom is 0.0754 e. The molecular weight excluding hydrogens is 198 g/mol. The lowest BCUT2D eigenvalue weighted by Gasteiger charge is -2.37. The number of hydrogen-bond donors (Lipinski definition) is 2. The molecule has 2 heteroatoms. The molecule has 2 aliphatic carbocycles. The zero-order valence-electron chi connectivity index (χ0n) is 11.4. The standard InChI is InChI=1S/C14H27NO/c1-9(2)8-15-11-10-6-7-14(5,12(11)16)13(10,3)4/h9-12,15-16H,6-8H2,1-5H3/t10-,11+,12+,14+/m1/s1. The van der Waals surface area contributed by atoms with Gasteiger partial charge in [-0.15, -0.1) is 0 Å². The molecule has 0 spiro atoms. The molecule has 2 bridgehead atoms. The first kappa shape index (κ1) is 12.4. The van der Waals surface area contributed by atoms with Gasteiger partial charge in [-0.3, -0.25) is 0 Å². The first-order valence-corrected chi connectivity index (χ1v) is 6.72. The molecule has 0 radical (unpaired) electrons. The van der Waals surface area contributed by atoms with Crippen LogP contribution in [0.1, 0.15) is 47.5 Å². The zero-order chi connectivity index (χ0) is 12.1. The summed E-state index contributed by atoms with van der Waals surface area (Å²) >= 11 is 0. The molecule has 2 aliphatic rings. The highest BCUT2D eigenvalue weighted by Gasteiger charge is 2.65. The van der Waals surface area contributed by atoms with Crippen molar-refractivity contribution in [2.75, 3.05) is 6.54 Å². The Bertz CT molecular complexity index is 274. The highest BCUT2D eigenvalue weighted by atomic mass is 16.3. The van der Waals surface area contributed by atoms with Crippen molar-refractivity contribution in [3.8, 4) is 0 Å². The molecule has 0 unspecified atom stereocenters. The molecule has 2 N–H and O–H groups in total. The molecule has 0 aromatic heterocycles. The van der Waals surface area contributed by atoms with E-state index in [9.17, 15) is 5.11 Å². The van der Waals surface area contributed by atoms with Gasteiger partial charge in [-0.25, -0.2) is 0 Å². The minimum atomic E-state index is -0.167. The van der Waals surface area contributed by atoms with E-state index in [1.807, 2.05) is 0 Å². The first-order chi connectivity index (χ1) is 7.30. The fourth-order valence-corrected chi connectivity index (χ4v) is 3.96. The van der Waals surface area contributed by atoms with Crippen LogP contribution in [0, 0.1) is 22.7 Å². The Morgan fingerprint density at radius 2 is 1.94 bits per heavy atom. The molecule has 0 amide bonds. The maximum atomic E-state index is 10.5. The largest absolute Gasteiger partial charge is 0.391 e. The Morgan fingerprint density at radius 1 is 1.31 bits per heavy atom. The molecule has 2 nitrogen and oxygen atoms in total. The van der Waals surface area contributed by atoms with Gasteiger partial charge in [0, 0.05) is 11.5 Å². The van der Waals surface area contributed by atoms with E-state index >= 15 is 0 Å². The zero-order valence-corrected chi connectivity index (χ0v) is 11.4. The lowest BCUT2D eigenvalue weighted by Crippen LogP contribution is -2.48. The van der Waals surface area contributed by atoms with Gasteiger partial charge in [0.25, 0.3) is 0 Å². The van der Waals surface area contributed by atoms with Crippen molar-refractivity contribution in [2.45, 2.75) is 59.6 Å². The van der Waals surface area contributed by atoms with Crippen molar-refractivity contribution < 1.29 is 5.11 Å². The fraction of sp³-hybridized carbons (Fsp3) is 1.00. The Balaban J connectivity index is 2.13. The quantitative estimate of drug-likeness (QED) is 0.773. The first-order valence-electron chi connectivity index (χ1n) is 6.72. The van der Waals surface area contributed by atoms with E-state index in [0.717, 1.165) is 6.54 Å². The van der Waals surface area contributed by atoms with Gasteiger partial charge in [-0.2, -0.15) is 0 Å². The van der Waals surface area contributed by atoms with E-state index in [1.54, 1.807) is 0 Å². The number of rotatable bonds is 3. The van der Waals surface area contributed by atoms with Crippen LogP contribution in [0.4, 0.5) is 0 Å². The molecule has 0 aromatic rings. The van der Waals surface area contributed by atoms with Crippen molar-refractivity contribution in [3.05, 3.63) is 0 Å². The van der Waals surface area contributed by atoms with Crippen LogP contribution in [0.5, 0.6) is 0 Å². The third-order valence-electron chi connectivity index (χ3n) is 5.56. The van der Waals surface area contributed by atoms with Gasteiger partial charge >= 0.3 is 0 Å². The second-order valence-corrected chi connectivity index (χ2v) is 7.06. The van der Waals surface area contributed by atoms with Crippen LogP contribution in [0.2, 0.25) is 0 Å². The average molecular weight is 225 g/mol. The number of fused-ring (bicyclic) bond motifs is 2. The summed E-state index contributed by atoms with van der Waals surface area (Å²) in [6, 6.07) is 0.316. The summed E-state index contributed by atoms with van der Waals surface area (Å²) in [5.41, 5.74) is 0.396. The SMILES string of the molecule is CC(C)CN[C@H]1[C@H]2CC[C@@](C)([C@H]1O)C2(C)C. The van der Waals surface area contributed by atoms with Crippen molar-refractivity contribution in [1.82, 2.24) is 5.32 Å². The number of aliphatic hydroxyl groups is 1. The lowest BCUT2D eigenvalue weighted by molar-refractivity contribution is -0.000250. The predicted octanol–water partition coefficient (Wildman–Crippen LogP) is 2.42. The molecule has 94 valence electrons. The molecular formula is C14H27NO. The van der Waals surface area contributed by atoms with Crippen LogP contribution < -0.4 is 5.32 Å². The second kappa shape index (κ2) is 3.71. The van der Waals surface area contributed by atoms with Crippen molar-refractivity contribution in [1.29, 1.82) is 0 Å². The van der Waals surface area contributed by atoms with E-state index in [-0.39, 0.29) is 16.9 Å². The summed E-state index contributed by atoms with van der Waals surface area (Å²) < 4.78 is 0. The predicted molar refractivity (Wildman–Crippen MR) is 67.2 cm³/mol. The van der Waals surface area contributed by atoms with Gasteiger partial charge in [-0.05, 0) is 36.6 Å². The van der Waals surface area contributed by atoms with E-state index in [0.29, 0.717) is 17.9 Å². The smallest absolute Gasteiger partial charge is 0.0754 e. The molecule has 2 saturated carbocycles. The summed E-state index contributed by atoms with van der Waals surface area (Å²) in [4.78, 5) is 0. The second-order valence-electron chi connectivity index (χ2n) is 7.06. The molecule has 16 heavy (non-hydrogen) atoms. The van der Waals surface area contributed by atoms with E-state index in [4.69, 9.17) is 0 Å². The van der Waals surface area contributed by atoms with Crippen molar-refractivity contribution in [2.24, 2.45) is 22.7 Å². The van der Waals surface area contributed by atoms with Gasteiger partial charge in [0.15, 0.2) is 0 Å². The van der Waals surface area contributed by atoms with E-state index in [2.05, 4.69) is 39.9 Å². The van der Waals surface area contributed by atoms with Crippen LogP contribution in [-0.4, -0.2) is 23.8 Å². The minimum absolute atomic E-state index is 0.117. The Kier molecular flexibility index (Phi) is 2.87. The van der Waals surface area contributed by atoms with Gasteiger partial charge in [0.2, 0.25) is 0 Å². The number of hydrogen-bond acceptors (Lipinski definition) is 2. The third kappa shape index (κ3) is 1.46. The Labute approximate surface area is 99.8 Å². The molecule has 4 atom stereocenters. The summed E-state index contributed by atoms with van der Waals surface area (Å²) in [5, 5.41) is 14.1. The van der Waals surface area contributed by atoms with Gasteiger partial charge in [-0.1, -0.05) is 34.6 Å². The van der Waals surface area contributed by atoms with Gasteiger partial charge in [0.1, 0.15) is 0 Å². The fourth-order valence-electron chi connectivity index (χ4n) is 3.96. The number of aliphatic hydroxyl groups excluding tert-OH is 1. The molecule has 0 aliphatic heterocycles. The third-order valence-corrected chi connectivity index (χ3v) is 5.56. The van der Waals surface area contributed by atoms with Crippen LogP contribution in [-0.2, 0) is 0 Å². The Hall–Kier alpha value is -0.0800. The number of nitrogens with one attached hydrogen (secondary N) is 1. The van der Waals surface area contributed by atoms with Crippen molar-refractivity contribution >= 4 is 0 Å². The molecule has 0 heterocycles. The molecule has 2 fully saturated rings. The van der Waals surface area contributed by atoms with Crippen LogP contribution in [0.25, 0.3) is 0 Å². The summed E-state index contributed by atoms with van der Waals surface area (Å²) in [6.45, 7) is 12.4. The maximum absolute atomic E-state index is 10.5.